The summed E-state index contributed by atoms with van der Waals surface area (Å²) in [5.74, 6) is -1.59. The van der Waals surface area contributed by atoms with Crippen molar-refractivity contribution in [3.8, 4) is 0 Å². The number of carbonyl (C=O) groups excluding carboxylic acids is 2. The third-order valence-electron chi connectivity index (χ3n) is 10.6. The predicted octanol–water partition coefficient (Wildman–Crippen LogP) is 8.01. The van der Waals surface area contributed by atoms with E-state index in [0.717, 1.165) is 38.5 Å². The average Bonchev–Trinajstić information content (AvgIpc) is 3.22. The lowest BCUT2D eigenvalue weighted by atomic mass is 9.87. The fourth-order valence-corrected chi connectivity index (χ4v) is 8.13. The van der Waals surface area contributed by atoms with E-state index in [1.807, 2.05) is 12.2 Å². The molecule has 2 unspecified atom stereocenters. The summed E-state index contributed by atoms with van der Waals surface area (Å²) >= 11 is 0. The van der Waals surface area contributed by atoms with E-state index in [2.05, 4.69) is 22.9 Å². The van der Waals surface area contributed by atoms with Gasteiger partial charge in [-0.3, -0.25) is 23.2 Å². The fraction of sp³-hybridized carbons (Fsp3) is 0.864. The SMILES string of the molecule is CCCCCCCCCCCCCCCCCC(=O)OC[C@H](COP(=O)(O)OC[C@@H](O)COP(=O)(O)O)OC(=O)CCC/C=C\C[C@H]1[C@@H](O)CC(O)O[C@@H]1/C=C/[C@@H](O)CCCCC. The zero-order valence-corrected chi connectivity index (χ0v) is 39.8. The first-order chi connectivity index (χ1) is 30.0. The van der Waals surface area contributed by atoms with Gasteiger partial charge in [0.1, 0.15) is 12.7 Å². The van der Waals surface area contributed by atoms with Gasteiger partial charge in [-0.25, -0.2) is 9.13 Å². The molecule has 0 aromatic carbocycles. The van der Waals surface area contributed by atoms with Gasteiger partial charge < -0.3 is 49.3 Å². The fourth-order valence-electron chi connectivity index (χ4n) is 6.98. The third kappa shape index (κ3) is 34.4. The minimum atomic E-state index is -4.90. The van der Waals surface area contributed by atoms with Gasteiger partial charge in [0.2, 0.25) is 0 Å². The van der Waals surface area contributed by atoms with Gasteiger partial charge in [0.05, 0.1) is 38.1 Å². The van der Waals surface area contributed by atoms with E-state index in [1.54, 1.807) is 12.2 Å². The monoisotopic (exact) mass is 945 g/mol. The van der Waals surface area contributed by atoms with Gasteiger partial charge in [0.25, 0.3) is 0 Å². The Morgan fingerprint density at radius 2 is 1.22 bits per heavy atom. The molecule has 1 aliphatic heterocycles. The molecule has 8 atom stereocenters. The van der Waals surface area contributed by atoms with E-state index in [-0.39, 0.29) is 25.2 Å². The minimum Gasteiger partial charge on any atom is -0.462 e. The largest absolute Gasteiger partial charge is 0.472 e. The smallest absolute Gasteiger partial charge is 0.462 e. The molecular formula is C44H82O17P2. The molecular weight excluding hydrogens is 862 g/mol. The summed E-state index contributed by atoms with van der Waals surface area (Å²) in [7, 11) is -9.78. The van der Waals surface area contributed by atoms with Crippen LogP contribution in [0.15, 0.2) is 24.3 Å². The van der Waals surface area contributed by atoms with Crippen LogP contribution in [0.2, 0.25) is 0 Å². The van der Waals surface area contributed by atoms with Crippen LogP contribution in [0, 0.1) is 5.92 Å². The number of ether oxygens (including phenoxy) is 3. The molecule has 0 aromatic rings. The maximum atomic E-state index is 12.8. The second-order valence-electron chi connectivity index (χ2n) is 16.6. The zero-order valence-electron chi connectivity index (χ0n) is 38.0. The Balaban J connectivity index is 2.58. The summed E-state index contributed by atoms with van der Waals surface area (Å²) in [5.41, 5.74) is 0. The van der Waals surface area contributed by atoms with Gasteiger partial charge in [-0.2, -0.15) is 0 Å². The topological polar surface area (TPSA) is 265 Å². The van der Waals surface area contributed by atoms with Crippen molar-refractivity contribution in [3.05, 3.63) is 24.3 Å². The predicted molar refractivity (Wildman–Crippen MR) is 238 cm³/mol. The number of phosphoric ester groups is 2. The first-order valence-electron chi connectivity index (χ1n) is 23.4. The van der Waals surface area contributed by atoms with Crippen molar-refractivity contribution in [2.24, 2.45) is 5.92 Å². The van der Waals surface area contributed by atoms with E-state index < -0.39 is 90.8 Å². The van der Waals surface area contributed by atoms with Crippen LogP contribution < -0.4 is 0 Å². The quantitative estimate of drug-likeness (QED) is 0.0133. The lowest BCUT2D eigenvalue weighted by molar-refractivity contribution is -0.199. The van der Waals surface area contributed by atoms with Gasteiger partial charge in [-0.15, -0.1) is 0 Å². The van der Waals surface area contributed by atoms with Crippen LogP contribution in [0.4, 0.5) is 0 Å². The molecule has 19 heteroatoms. The number of aliphatic hydroxyl groups excluding tert-OH is 4. The van der Waals surface area contributed by atoms with Gasteiger partial charge in [0.15, 0.2) is 12.4 Å². The highest BCUT2D eigenvalue weighted by Crippen LogP contribution is 2.44. The normalized spacial score (nSPS) is 20.8. The standard InChI is InChI=1S/C44H82O17P2/c1-3-5-7-8-9-10-11-12-13-14-15-16-17-18-23-27-42(48)56-34-38(35-59-63(54,55)58-33-37(46)32-57-62(51,52)53)60-43(49)28-24-20-19-22-26-39-40(47)31-44(50)61-41(39)30-29-36(45)25-21-6-4-2/h19,22,29-30,36-41,44-47,50H,3-18,20-21,23-28,31-35H2,1-2H3,(H,54,55)(H2,51,52,53)/b22-19-,30-29+/t36-,37-,38+,39-,40-,41+,44?/m0/s1. The van der Waals surface area contributed by atoms with Crippen molar-refractivity contribution in [2.45, 2.75) is 211 Å². The molecule has 7 N–H and O–H groups in total. The molecule has 0 aliphatic carbocycles. The molecule has 0 aromatic heterocycles. The Labute approximate surface area is 376 Å². The van der Waals surface area contributed by atoms with Gasteiger partial charge >= 0.3 is 27.6 Å². The number of phosphoric acid groups is 2. The van der Waals surface area contributed by atoms with Crippen LogP contribution in [0.5, 0.6) is 0 Å². The van der Waals surface area contributed by atoms with Crippen LogP contribution in [0.25, 0.3) is 0 Å². The maximum Gasteiger partial charge on any atom is 0.472 e. The highest BCUT2D eigenvalue weighted by molar-refractivity contribution is 7.47. The van der Waals surface area contributed by atoms with Gasteiger partial charge in [-0.1, -0.05) is 147 Å². The van der Waals surface area contributed by atoms with E-state index in [1.165, 1.54) is 70.6 Å². The number of carbonyl (C=O) groups is 2. The Morgan fingerprint density at radius 3 is 1.83 bits per heavy atom. The maximum absolute atomic E-state index is 12.8. The molecule has 1 fully saturated rings. The molecule has 1 rings (SSSR count). The van der Waals surface area contributed by atoms with Crippen molar-refractivity contribution in [2.75, 3.05) is 26.4 Å². The molecule has 1 saturated heterocycles. The molecule has 1 aliphatic rings. The Morgan fingerprint density at radius 1 is 0.683 bits per heavy atom. The summed E-state index contributed by atoms with van der Waals surface area (Å²) < 4.78 is 53.5. The molecule has 1 heterocycles. The van der Waals surface area contributed by atoms with Crippen molar-refractivity contribution in [3.63, 3.8) is 0 Å². The third-order valence-corrected chi connectivity index (χ3v) is 12.1. The number of allylic oxidation sites excluding steroid dienone is 2. The van der Waals surface area contributed by atoms with Crippen LogP contribution in [-0.2, 0) is 46.5 Å². The second-order valence-corrected chi connectivity index (χ2v) is 19.3. The Bertz CT molecular complexity index is 1330. The van der Waals surface area contributed by atoms with Gasteiger partial charge in [0, 0.05) is 25.2 Å². The molecule has 0 amide bonds. The summed E-state index contributed by atoms with van der Waals surface area (Å²) in [5, 5.41) is 40.8. The number of esters is 2. The van der Waals surface area contributed by atoms with Crippen LogP contribution in [-0.4, -0.2) is 110 Å². The van der Waals surface area contributed by atoms with Crippen LogP contribution in [0.3, 0.4) is 0 Å². The van der Waals surface area contributed by atoms with E-state index in [4.69, 9.17) is 28.5 Å². The van der Waals surface area contributed by atoms with E-state index in [0.29, 0.717) is 32.1 Å². The number of hydrogen-bond donors (Lipinski definition) is 7. The first kappa shape index (κ1) is 59.5. The number of unbranched alkanes of at least 4 members (excludes halogenated alkanes) is 17. The number of aliphatic hydroxyl groups is 4. The summed E-state index contributed by atoms with van der Waals surface area (Å²) in [6.45, 7) is 1.36. The Hall–Kier alpha value is -1.56. The molecule has 0 bridgehead atoms. The van der Waals surface area contributed by atoms with Crippen LogP contribution in [0.1, 0.15) is 174 Å². The van der Waals surface area contributed by atoms with Crippen LogP contribution >= 0.6 is 15.6 Å². The van der Waals surface area contributed by atoms with E-state index >= 15 is 0 Å². The molecule has 0 radical (unpaired) electrons. The zero-order chi connectivity index (χ0) is 46.8. The first-order valence-corrected chi connectivity index (χ1v) is 26.5. The highest BCUT2D eigenvalue weighted by Gasteiger charge is 2.35. The second kappa shape index (κ2) is 36.5. The molecule has 0 saturated carbocycles. The summed E-state index contributed by atoms with van der Waals surface area (Å²) in [6.07, 6.45) is 23.5. The highest BCUT2D eigenvalue weighted by atomic mass is 31.2. The van der Waals surface area contributed by atoms with E-state index in [9.17, 15) is 44.0 Å². The summed E-state index contributed by atoms with van der Waals surface area (Å²) in [4.78, 5) is 53.0. The van der Waals surface area contributed by atoms with Crippen molar-refractivity contribution < 1.29 is 81.6 Å². The van der Waals surface area contributed by atoms with Crippen molar-refractivity contribution in [1.82, 2.24) is 0 Å². The number of rotatable bonds is 40. The molecule has 0 spiro atoms. The van der Waals surface area contributed by atoms with Crippen molar-refractivity contribution in [1.29, 1.82) is 0 Å². The molecule has 63 heavy (non-hydrogen) atoms. The van der Waals surface area contributed by atoms with Gasteiger partial charge in [-0.05, 0) is 32.1 Å². The lowest BCUT2D eigenvalue weighted by Crippen LogP contribution is -2.43. The average molecular weight is 945 g/mol. The lowest BCUT2D eigenvalue weighted by Gasteiger charge is -2.36. The summed E-state index contributed by atoms with van der Waals surface area (Å²) in [6, 6.07) is 0. The minimum absolute atomic E-state index is 0.0571. The Kier molecular flexibility index (Phi) is 34.5. The molecule has 17 nitrogen and oxygen atoms in total. The van der Waals surface area contributed by atoms with Crippen molar-refractivity contribution >= 4 is 27.6 Å². The molecule has 370 valence electrons. The number of hydrogen-bond acceptors (Lipinski definition) is 14.